The first-order valence-electron chi connectivity index (χ1n) is 9.37. The van der Waals surface area contributed by atoms with E-state index in [-0.39, 0.29) is 12.5 Å². The first kappa shape index (κ1) is 18.7. The highest BCUT2D eigenvalue weighted by molar-refractivity contribution is 6.31. The minimum absolute atomic E-state index is 0.0939. The van der Waals surface area contributed by atoms with Gasteiger partial charge in [-0.05, 0) is 37.1 Å². The second kappa shape index (κ2) is 7.76. The molecular weight excluding hydrogens is 377 g/mol. The predicted molar refractivity (Wildman–Crippen MR) is 110 cm³/mol. The van der Waals surface area contributed by atoms with Crippen LogP contribution in [0.2, 0.25) is 5.02 Å². The number of carbonyl (C=O) groups is 1. The van der Waals surface area contributed by atoms with E-state index >= 15 is 0 Å². The zero-order valence-electron chi connectivity index (χ0n) is 15.7. The van der Waals surface area contributed by atoms with Crippen molar-refractivity contribution in [1.82, 2.24) is 9.88 Å². The number of carbonyl (C=O) groups excluding carboxylic acids is 1. The quantitative estimate of drug-likeness (QED) is 0.628. The highest BCUT2D eigenvalue weighted by Crippen LogP contribution is 2.28. The van der Waals surface area contributed by atoms with E-state index in [2.05, 4.69) is 4.90 Å². The summed E-state index contributed by atoms with van der Waals surface area (Å²) in [5, 5.41) is 1.22. The van der Waals surface area contributed by atoms with Crippen LogP contribution in [0.15, 0.2) is 48.5 Å². The Morgan fingerprint density at radius 3 is 2.68 bits per heavy atom. The zero-order chi connectivity index (χ0) is 19.7. The van der Waals surface area contributed by atoms with E-state index in [1.807, 2.05) is 30.3 Å². The molecule has 1 aliphatic heterocycles. The lowest BCUT2D eigenvalue weighted by molar-refractivity contribution is 0.0784. The van der Waals surface area contributed by atoms with Gasteiger partial charge in [-0.15, -0.1) is 0 Å². The summed E-state index contributed by atoms with van der Waals surface area (Å²) in [6.45, 7) is 1.86. The van der Waals surface area contributed by atoms with Gasteiger partial charge in [-0.1, -0.05) is 35.9 Å². The van der Waals surface area contributed by atoms with Crippen LogP contribution in [-0.2, 0) is 6.54 Å². The van der Waals surface area contributed by atoms with Crippen LogP contribution < -0.4 is 4.90 Å². The smallest absolute Gasteiger partial charge is 0.257 e. The second-order valence-electron chi connectivity index (χ2n) is 7.11. The van der Waals surface area contributed by atoms with Gasteiger partial charge in [0.15, 0.2) is 0 Å². The molecule has 0 bridgehead atoms. The van der Waals surface area contributed by atoms with Crippen LogP contribution >= 0.6 is 11.6 Å². The monoisotopic (exact) mass is 397 g/mol. The molecule has 0 N–H and O–H groups in total. The molecule has 144 valence electrons. The van der Waals surface area contributed by atoms with Crippen LogP contribution in [0.1, 0.15) is 28.8 Å². The molecule has 0 aliphatic carbocycles. The second-order valence-corrected chi connectivity index (χ2v) is 7.52. The van der Waals surface area contributed by atoms with Gasteiger partial charge >= 0.3 is 0 Å². The molecule has 0 radical (unpaired) electrons. The number of aromatic nitrogens is 1. The normalized spacial score (nSPS) is 13.9. The fourth-order valence-corrected chi connectivity index (χ4v) is 3.85. The van der Waals surface area contributed by atoms with Gasteiger partial charge in [0.05, 0.1) is 11.1 Å². The number of amides is 1. The number of para-hydroxylation sites is 1. The van der Waals surface area contributed by atoms with E-state index in [0.717, 1.165) is 36.8 Å². The fourth-order valence-electron chi connectivity index (χ4n) is 3.63. The van der Waals surface area contributed by atoms with Crippen molar-refractivity contribution in [2.75, 3.05) is 25.0 Å². The third-order valence-electron chi connectivity index (χ3n) is 5.14. The molecule has 6 heteroatoms. The Morgan fingerprint density at radius 2 is 1.93 bits per heavy atom. The van der Waals surface area contributed by atoms with Gasteiger partial charge in [-0.3, -0.25) is 4.79 Å². The highest BCUT2D eigenvalue weighted by Gasteiger charge is 2.24. The summed E-state index contributed by atoms with van der Waals surface area (Å²) >= 11 is 6.14. The maximum absolute atomic E-state index is 14.2. The topological polar surface area (TPSA) is 36.4 Å². The molecule has 1 aromatic heterocycles. The van der Waals surface area contributed by atoms with Crippen molar-refractivity contribution in [2.45, 2.75) is 19.4 Å². The highest BCUT2D eigenvalue weighted by atomic mass is 35.5. The molecule has 0 saturated carbocycles. The van der Waals surface area contributed by atoms with Gasteiger partial charge in [-0.25, -0.2) is 9.37 Å². The molecule has 28 heavy (non-hydrogen) atoms. The Labute approximate surface area is 168 Å². The molecule has 3 aromatic rings. The average molecular weight is 398 g/mol. The number of fused-ring (bicyclic) bond motifs is 1. The number of hydrogen-bond acceptors (Lipinski definition) is 3. The number of hydrogen-bond donors (Lipinski definition) is 0. The minimum atomic E-state index is -0.413. The van der Waals surface area contributed by atoms with Crippen LogP contribution in [0.3, 0.4) is 0 Å². The van der Waals surface area contributed by atoms with E-state index in [4.69, 9.17) is 16.6 Å². The molecule has 1 aliphatic rings. The molecule has 1 fully saturated rings. The molecule has 4 rings (SSSR count). The van der Waals surface area contributed by atoms with Gasteiger partial charge in [0.25, 0.3) is 5.91 Å². The number of halogens is 2. The predicted octanol–water partition coefficient (Wildman–Crippen LogP) is 4.90. The van der Waals surface area contributed by atoms with Crippen molar-refractivity contribution in [3.8, 4) is 0 Å². The summed E-state index contributed by atoms with van der Waals surface area (Å²) < 4.78 is 14.2. The summed E-state index contributed by atoms with van der Waals surface area (Å²) in [6.07, 6.45) is 2.17. The molecule has 0 atom stereocenters. The van der Waals surface area contributed by atoms with Crippen LogP contribution in [0.4, 0.5) is 10.2 Å². The van der Waals surface area contributed by atoms with Crippen molar-refractivity contribution in [1.29, 1.82) is 0 Å². The Morgan fingerprint density at radius 1 is 1.18 bits per heavy atom. The molecule has 0 unspecified atom stereocenters. The van der Waals surface area contributed by atoms with E-state index in [9.17, 15) is 9.18 Å². The Bertz CT molecular complexity index is 1010. The lowest BCUT2D eigenvalue weighted by Gasteiger charge is -2.24. The number of nitrogens with zero attached hydrogens (tertiary/aromatic N) is 3. The third-order valence-corrected chi connectivity index (χ3v) is 5.50. The Balaban J connectivity index is 1.72. The summed E-state index contributed by atoms with van der Waals surface area (Å²) in [7, 11) is 1.66. The van der Waals surface area contributed by atoms with Crippen molar-refractivity contribution in [3.63, 3.8) is 0 Å². The van der Waals surface area contributed by atoms with E-state index in [0.29, 0.717) is 22.0 Å². The van der Waals surface area contributed by atoms with Crippen molar-refractivity contribution in [3.05, 3.63) is 70.5 Å². The third kappa shape index (κ3) is 3.54. The Hall–Kier alpha value is -2.66. The van der Waals surface area contributed by atoms with Gasteiger partial charge in [0.2, 0.25) is 0 Å². The maximum Gasteiger partial charge on any atom is 0.257 e. The lowest BCUT2D eigenvalue weighted by atomic mass is 10.1. The Kier molecular flexibility index (Phi) is 5.18. The molecular formula is C22H21ClFN3O. The van der Waals surface area contributed by atoms with Gasteiger partial charge < -0.3 is 9.80 Å². The SMILES string of the molecule is CN(Cc1c(F)cccc1Cl)C(=O)c1cc2ccccc2nc1N1CCCC1. The standard InChI is InChI=1S/C22H21ClFN3O/c1-26(14-17-18(23)8-6-9-19(17)24)22(28)16-13-15-7-2-3-10-20(15)25-21(16)27-11-4-5-12-27/h2-3,6-10,13H,4-5,11-12,14H2,1H3. The van der Waals surface area contributed by atoms with Gasteiger partial charge in [0, 0.05) is 42.7 Å². The van der Waals surface area contributed by atoms with Crippen LogP contribution in [0.5, 0.6) is 0 Å². The summed E-state index contributed by atoms with van der Waals surface area (Å²) in [6, 6.07) is 14.2. The fraction of sp³-hybridized carbons (Fsp3) is 0.273. The van der Waals surface area contributed by atoms with Crippen molar-refractivity contribution >= 4 is 34.2 Å². The van der Waals surface area contributed by atoms with Gasteiger partial charge in [-0.2, -0.15) is 0 Å². The minimum Gasteiger partial charge on any atom is -0.356 e. The van der Waals surface area contributed by atoms with Gasteiger partial charge in [0.1, 0.15) is 11.6 Å². The molecule has 1 saturated heterocycles. The van der Waals surface area contributed by atoms with Crippen molar-refractivity contribution < 1.29 is 9.18 Å². The van der Waals surface area contributed by atoms with E-state index in [1.165, 1.54) is 11.0 Å². The molecule has 1 amide bonds. The first-order chi connectivity index (χ1) is 13.5. The van der Waals surface area contributed by atoms with Crippen LogP contribution in [0, 0.1) is 5.82 Å². The molecule has 2 aromatic carbocycles. The zero-order valence-corrected chi connectivity index (χ0v) is 16.4. The number of rotatable bonds is 4. The molecule has 4 nitrogen and oxygen atoms in total. The summed E-state index contributed by atoms with van der Waals surface area (Å²) in [5.74, 6) is 0.0932. The summed E-state index contributed by atoms with van der Waals surface area (Å²) in [4.78, 5) is 21.7. The largest absolute Gasteiger partial charge is 0.356 e. The number of pyridine rings is 1. The van der Waals surface area contributed by atoms with E-state index in [1.54, 1.807) is 19.2 Å². The lowest BCUT2D eigenvalue weighted by Crippen LogP contribution is -2.30. The van der Waals surface area contributed by atoms with E-state index < -0.39 is 5.82 Å². The first-order valence-corrected chi connectivity index (χ1v) is 9.75. The summed E-state index contributed by atoms with van der Waals surface area (Å²) in [5.41, 5.74) is 1.72. The van der Waals surface area contributed by atoms with Crippen LogP contribution in [-0.4, -0.2) is 35.9 Å². The molecule has 0 spiro atoms. The van der Waals surface area contributed by atoms with Crippen molar-refractivity contribution in [2.24, 2.45) is 0 Å². The number of anilines is 1. The average Bonchev–Trinajstić information content (AvgIpc) is 3.24. The number of benzene rings is 2. The maximum atomic E-state index is 14.2. The molecule has 2 heterocycles. The van der Waals surface area contributed by atoms with Crippen LogP contribution in [0.25, 0.3) is 10.9 Å².